The van der Waals surface area contributed by atoms with E-state index in [1.807, 2.05) is 0 Å². The van der Waals surface area contributed by atoms with Crippen LogP contribution in [-0.2, 0) is 0 Å². The summed E-state index contributed by atoms with van der Waals surface area (Å²) in [5, 5.41) is 0. The average molecular weight is 227 g/mol. The van der Waals surface area contributed by atoms with Gasteiger partial charge < -0.3 is 0 Å². The number of benzene rings is 1. The largest absolute Gasteiger partial charge is 0.487 e. The Hall–Kier alpha value is -1.91. The van der Waals surface area contributed by atoms with Crippen molar-refractivity contribution in [3.05, 3.63) is 54.2 Å². The van der Waals surface area contributed by atoms with Gasteiger partial charge in [-0.2, -0.15) is 13.2 Å². The van der Waals surface area contributed by atoms with Gasteiger partial charge >= 0.3 is 6.68 Å². The molecule has 0 fully saturated rings. The van der Waals surface area contributed by atoms with Gasteiger partial charge in [0.2, 0.25) is 0 Å². The van der Waals surface area contributed by atoms with E-state index in [9.17, 15) is 22.8 Å². The van der Waals surface area contributed by atoms with Gasteiger partial charge in [-0.25, -0.2) is 0 Å². The summed E-state index contributed by atoms with van der Waals surface area (Å²) in [7, 11) is 0. The fourth-order valence-electron chi connectivity index (χ4n) is 1.24. The minimum atomic E-state index is -3.08. The van der Waals surface area contributed by atoms with Crippen LogP contribution >= 0.6 is 0 Å². The van der Waals surface area contributed by atoms with Crippen LogP contribution in [0, 0.1) is 6.68 Å². The van der Waals surface area contributed by atoms with Crippen molar-refractivity contribution in [1.29, 1.82) is 0 Å². The van der Waals surface area contributed by atoms with Crippen molar-refractivity contribution in [1.82, 2.24) is 0 Å². The summed E-state index contributed by atoms with van der Waals surface area (Å²) in [6, 6.07) is 6.84. The van der Waals surface area contributed by atoms with Crippen LogP contribution < -0.4 is 0 Å². The van der Waals surface area contributed by atoms with Crippen molar-refractivity contribution in [2.24, 2.45) is 0 Å². The highest BCUT2D eigenvalue weighted by Gasteiger charge is 2.16. The highest BCUT2D eigenvalue weighted by atomic mass is 19.4. The molecule has 1 radical (unpaired) electrons. The Balaban J connectivity index is 0.000000280. The van der Waals surface area contributed by atoms with Gasteiger partial charge in [0.15, 0.2) is 11.6 Å². The molecule has 1 aromatic carbocycles. The Labute approximate surface area is 89.4 Å². The van der Waals surface area contributed by atoms with Gasteiger partial charge in [-0.05, 0) is 12.2 Å². The maximum absolute atomic E-state index is 11.2. The highest BCUT2D eigenvalue weighted by molar-refractivity contribution is 6.21. The Morgan fingerprint density at radius 3 is 1.44 bits per heavy atom. The number of hydrogen-bond donors (Lipinski definition) is 0. The lowest BCUT2D eigenvalue weighted by Gasteiger charge is -2.06. The summed E-state index contributed by atoms with van der Waals surface area (Å²) >= 11 is 0. The molecule has 1 aromatic rings. The van der Waals surface area contributed by atoms with Crippen molar-refractivity contribution in [3.8, 4) is 0 Å². The third-order valence-electron chi connectivity index (χ3n) is 1.84. The molecule has 0 atom stereocenters. The lowest BCUT2D eigenvalue weighted by atomic mass is 9.95. The molecule has 0 saturated carbocycles. The minimum Gasteiger partial charge on any atom is -0.289 e. The predicted molar refractivity (Wildman–Crippen MR) is 50.8 cm³/mol. The molecule has 0 bridgehead atoms. The van der Waals surface area contributed by atoms with Crippen LogP contribution in [0.4, 0.5) is 13.2 Å². The standard InChI is InChI=1S/C10H6O2.CF3/c11-9-5-6-10(12)8-4-2-1-3-7(8)9;2-1(3)4/h1-6H;. The number of rotatable bonds is 0. The van der Waals surface area contributed by atoms with Crippen LogP contribution in [0.3, 0.4) is 0 Å². The number of halogens is 3. The van der Waals surface area contributed by atoms with Gasteiger partial charge in [-0.15, -0.1) is 0 Å². The fourth-order valence-corrected chi connectivity index (χ4v) is 1.24. The fraction of sp³-hybridized carbons (Fsp3) is 0. The molecule has 0 N–H and O–H groups in total. The third kappa shape index (κ3) is 3.05. The first kappa shape index (κ1) is 12.2. The van der Waals surface area contributed by atoms with E-state index in [1.54, 1.807) is 24.3 Å². The second kappa shape index (κ2) is 5.25. The van der Waals surface area contributed by atoms with E-state index in [0.717, 1.165) is 0 Å². The van der Waals surface area contributed by atoms with Gasteiger partial charge in [0, 0.05) is 11.1 Å². The lowest BCUT2D eigenvalue weighted by molar-refractivity contribution is 0.0994. The molecule has 5 heteroatoms. The molecule has 0 heterocycles. The monoisotopic (exact) mass is 227 g/mol. The highest BCUT2D eigenvalue weighted by Crippen LogP contribution is 2.15. The SMILES string of the molecule is F[C](F)F.O=C1C=CC(=O)c2ccccc21. The van der Waals surface area contributed by atoms with Crippen molar-refractivity contribution in [2.45, 2.75) is 0 Å². The van der Waals surface area contributed by atoms with Crippen molar-refractivity contribution in [3.63, 3.8) is 0 Å². The van der Waals surface area contributed by atoms with Gasteiger partial charge in [-0.3, -0.25) is 9.59 Å². The van der Waals surface area contributed by atoms with Gasteiger partial charge in [0.1, 0.15) is 0 Å². The Kier molecular flexibility index (Phi) is 3.99. The minimum absolute atomic E-state index is 0.0924. The van der Waals surface area contributed by atoms with Crippen LogP contribution in [0.5, 0.6) is 0 Å². The number of hydrogen-bond acceptors (Lipinski definition) is 2. The summed E-state index contributed by atoms with van der Waals surface area (Å²) < 4.78 is 28.8. The second-order valence-electron chi connectivity index (χ2n) is 2.82. The van der Waals surface area contributed by atoms with Crippen molar-refractivity contribution in [2.75, 3.05) is 0 Å². The molecule has 2 rings (SSSR count). The molecule has 16 heavy (non-hydrogen) atoms. The maximum Gasteiger partial charge on any atom is 0.487 e. The Bertz CT molecular complexity index is 399. The van der Waals surface area contributed by atoms with Gasteiger partial charge in [0.25, 0.3) is 0 Å². The summed E-state index contributed by atoms with van der Waals surface area (Å²) in [5.41, 5.74) is 1.01. The van der Waals surface area contributed by atoms with Crippen LogP contribution in [0.25, 0.3) is 0 Å². The molecule has 2 nitrogen and oxygen atoms in total. The van der Waals surface area contributed by atoms with Crippen LogP contribution in [0.1, 0.15) is 20.7 Å². The van der Waals surface area contributed by atoms with Crippen molar-refractivity contribution < 1.29 is 22.8 Å². The van der Waals surface area contributed by atoms with Crippen LogP contribution in [-0.4, -0.2) is 11.6 Å². The third-order valence-corrected chi connectivity index (χ3v) is 1.84. The van der Waals surface area contributed by atoms with E-state index in [4.69, 9.17) is 0 Å². The molecular weight excluding hydrogens is 221 g/mol. The normalized spacial score (nSPS) is 13.2. The number of ketones is 2. The van der Waals surface area contributed by atoms with E-state index < -0.39 is 6.68 Å². The Morgan fingerprint density at radius 1 is 0.812 bits per heavy atom. The molecule has 0 aliphatic heterocycles. The van der Waals surface area contributed by atoms with Crippen LogP contribution in [0.2, 0.25) is 0 Å². The lowest BCUT2D eigenvalue weighted by Crippen LogP contribution is -2.10. The predicted octanol–water partition coefficient (Wildman–Crippen LogP) is 2.96. The number of carbonyl (C=O) groups excluding carboxylic acids is 2. The Morgan fingerprint density at radius 2 is 1.12 bits per heavy atom. The summed E-state index contributed by atoms with van der Waals surface area (Å²) in [4.78, 5) is 22.4. The van der Waals surface area contributed by atoms with Gasteiger partial charge in [0.05, 0.1) is 0 Å². The molecule has 0 spiro atoms. The molecule has 1 aliphatic rings. The number of fused-ring (bicyclic) bond motifs is 1. The van der Waals surface area contributed by atoms with E-state index in [2.05, 4.69) is 0 Å². The van der Waals surface area contributed by atoms with Crippen LogP contribution in [0.15, 0.2) is 36.4 Å². The molecule has 0 unspecified atom stereocenters. The molecule has 0 saturated heterocycles. The molecule has 1 aliphatic carbocycles. The van der Waals surface area contributed by atoms with E-state index in [0.29, 0.717) is 11.1 Å². The molecular formula is C11H6F3O2. The maximum atomic E-state index is 11.2. The number of carbonyl (C=O) groups is 2. The topological polar surface area (TPSA) is 34.1 Å². The molecule has 0 amide bonds. The zero-order valence-electron chi connectivity index (χ0n) is 7.91. The zero-order valence-corrected chi connectivity index (χ0v) is 7.91. The molecule has 0 aromatic heterocycles. The van der Waals surface area contributed by atoms with E-state index in [-0.39, 0.29) is 11.6 Å². The quantitative estimate of drug-likeness (QED) is 0.682. The van der Waals surface area contributed by atoms with E-state index >= 15 is 0 Å². The first-order chi connectivity index (χ1) is 7.52. The summed E-state index contributed by atoms with van der Waals surface area (Å²) in [6.45, 7) is -3.08. The van der Waals surface area contributed by atoms with E-state index in [1.165, 1.54) is 12.2 Å². The summed E-state index contributed by atoms with van der Waals surface area (Å²) in [6.07, 6.45) is 2.62. The van der Waals surface area contributed by atoms with Crippen molar-refractivity contribution >= 4 is 11.6 Å². The second-order valence-corrected chi connectivity index (χ2v) is 2.82. The first-order valence-electron chi connectivity index (χ1n) is 4.21. The zero-order chi connectivity index (χ0) is 12.1. The first-order valence-corrected chi connectivity index (χ1v) is 4.21. The number of allylic oxidation sites excluding steroid dienone is 2. The average Bonchev–Trinajstić information content (AvgIpc) is 2.23. The molecule has 83 valence electrons. The van der Waals surface area contributed by atoms with Gasteiger partial charge in [-0.1, -0.05) is 24.3 Å². The smallest absolute Gasteiger partial charge is 0.289 e. The summed E-state index contributed by atoms with van der Waals surface area (Å²) in [5.74, 6) is -0.185.